The van der Waals surface area contributed by atoms with Crippen LogP contribution in [-0.4, -0.2) is 29.5 Å². The zero-order valence-corrected chi connectivity index (χ0v) is 10.4. The van der Waals surface area contributed by atoms with Crippen LogP contribution in [0.4, 0.5) is 5.82 Å². The summed E-state index contributed by atoms with van der Waals surface area (Å²) < 4.78 is 3.13. The molecule has 18 heavy (non-hydrogen) atoms. The number of hydrogen-bond acceptors (Lipinski definition) is 5. The van der Waals surface area contributed by atoms with Crippen molar-refractivity contribution < 1.29 is 4.92 Å². The molecule has 0 amide bonds. The minimum atomic E-state index is -0.453. The molecule has 0 saturated carbocycles. The van der Waals surface area contributed by atoms with E-state index in [9.17, 15) is 10.1 Å². The molecule has 0 fully saturated rings. The maximum atomic E-state index is 10.8. The van der Waals surface area contributed by atoms with Crippen molar-refractivity contribution in [2.75, 3.05) is 0 Å². The highest BCUT2D eigenvalue weighted by atomic mass is 35.5. The first-order valence-electron chi connectivity index (χ1n) is 5.23. The second-order valence-electron chi connectivity index (χ2n) is 3.68. The van der Waals surface area contributed by atoms with Gasteiger partial charge in [-0.25, -0.2) is 14.2 Å². The SMILES string of the molecule is Cc1ncc([N+](=O)[O-])n1CCn1cc(CCl)nn1. The van der Waals surface area contributed by atoms with E-state index in [4.69, 9.17) is 11.6 Å². The van der Waals surface area contributed by atoms with Crippen LogP contribution in [0.3, 0.4) is 0 Å². The molecule has 2 aromatic rings. The highest BCUT2D eigenvalue weighted by Gasteiger charge is 2.17. The Bertz CT molecular complexity index is 563. The van der Waals surface area contributed by atoms with Crippen molar-refractivity contribution in [3.05, 3.63) is 34.0 Å². The average molecular weight is 271 g/mol. The molecule has 0 atom stereocenters. The number of hydrogen-bond donors (Lipinski definition) is 0. The second kappa shape index (κ2) is 5.13. The van der Waals surface area contributed by atoms with Gasteiger partial charge in [-0.1, -0.05) is 5.21 Å². The Morgan fingerprint density at radius 1 is 1.50 bits per heavy atom. The summed E-state index contributed by atoms with van der Waals surface area (Å²) in [4.78, 5) is 14.3. The van der Waals surface area contributed by atoms with Gasteiger partial charge in [-0.3, -0.25) is 0 Å². The fourth-order valence-electron chi connectivity index (χ4n) is 1.59. The van der Waals surface area contributed by atoms with E-state index in [0.717, 1.165) is 0 Å². The van der Waals surface area contributed by atoms with Crippen LogP contribution in [0.15, 0.2) is 12.4 Å². The van der Waals surface area contributed by atoms with Gasteiger partial charge in [0.05, 0.1) is 18.1 Å². The average Bonchev–Trinajstić information content (AvgIpc) is 2.93. The lowest BCUT2D eigenvalue weighted by molar-refractivity contribution is -0.392. The molecular weight excluding hydrogens is 260 g/mol. The van der Waals surface area contributed by atoms with Crippen LogP contribution >= 0.6 is 11.6 Å². The molecule has 0 aliphatic carbocycles. The van der Waals surface area contributed by atoms with Crippen LogP contribution < -0.4 is 0 Å². The predicted molar refractivity (Wildman–Crippen MR) is 63.2 cm³/mol. The number of nitrogens with zero attached hydrogens (tertiary/aromatic N) is 6. The maximum absolute atomic E-state index is 10.8. The normalized spacial score (nSPS) is 10.8. The summed E-state index contributed by atoms with van der Waals surface area (Å²) in [7, 11) is 0. The second-order valence-corrected chi connectivity index (χ2v) is 3.95. The Morgan fingerprint density at radius 2 is 2.28 bits per heavy atom. The van der Waals surface area contributed by atoms with Gasteiger partial charge in [-0.2, -0.15) is 0 Å². The summed E-state index contributed by atoms with van der Waals surface area (Å²) in [6.45, 7) is 2.60. The van der Waals surface area contributed by atoms with Gasteiger partial charge in [0.1, 0.15) is 12.7 Å². The number of nitro groups is 1. The first-order valence-corrected chi connectivity index (χ1v) is 5.76. The molecule has 2 aromatic heterocycles. The smallest absolute Gasteiger partial charge is 0.342 e. The minimum absolute atomic E-state index is 0.0230. The number of alkyl halides is 1. The lowest BCUT2D eigenvalue weighted by Crippen LogP contribution is -2.11. The topological polar surface area (TPSA) is 91.7 Å². The summed E-state index contributed by atoms with van der Waals surface area (Å²) in [6.07, 6.45) is 2.96. The first kappa shape index (κ1) is 12.5. The van der Waals surface area contributed by atoms with Crippen LogP contribution in [0.2, 0.25) is 0 Å². The highest BCUT2D eigenvalue weighted by Crippen LogP contribution is 2.13. The largest absolute Gasteiger partial charge is 0.358 e. The zero-order valence-electron chi connectivity index (χ0n) is 9.65. The molecule has 0 saturated heterocycles. The van der Waals surface area contributed by atoms with Crippen LogP contribution in [0.25, 0.3) is 0 Å². The van der Waals surface area contributed by atoms with Crippen molar-refractivity contribution >= 4 is 17.4 Å². The van der Waals surface area contributed by atoms with Crippen LogP contribution in [0.5, 0.6) is 0 Å². The molecule has 0 unspecified atom stereocenters. The Balaban J connectivity index is 2.10. The highest BCUT2D eigenvalue weighted by molar-refractivity contribution is 6.16. The fourth-order valence-corrected chi connectivity index (χ4v) is 1.71. The standard InChI is InChI=1S/C9H11ClN6O2/c1-7-11-5-9(16(17)18)15(7)3-2-14-6-8(4-10)12-13-14/h5-6H,2-4H2,1H3. The third-order valence-corrected chi connectivity index (χ3v) is 2.77. The summed E-state index contributed by atoms with van der Waals surface area (Å²) in [6, 6.07) is 0. The van der Waals surface area contributed by atoms with Crippen LogP contribution in [0.1, 0.15) is 11.5 Å². The monoisotopic (exact) mass is 270 g/mol. The van der Waals surface area contributed by atoms with E-state index in [1.807, 2.05) is 0 Å². The van der Waals surface area contributed by atoms with Gasteiger partial charge >= 0.3 is 5.82 Å². The van der Waals surface area contributed by atoms with Crippen molar-refractivity contribution in [3.8, 4) is 0 Å². The molecule has 0 radical (unpaired) electrons. The fraction of sp³-hybridized carbons (Fsp3) is 0.444. The lowest BCUT2D eigenvalue weighted by atomic mass is 10.5. The van der Waals surface area contributed by atoms with Gasteiger partial charge in [0.15, 0.2) is 5.82 Å². The van der Waals surface area contributed by atoms with Crippen molar-refractivity contribution in [1.82, 2.24) is 24.5 Å². The van der Waals surface area contributed by atoms with Crippen LogP contribution in [-0.2, 0) is 19.0 Å². The van der Waals surface area contributed by atoms with Gasteiger partial charge in [-0.15, -0.1) is 16.7 Å². The molecule has 2 heterocycles. The van der Waals surface area contributed by atoms with E-state index in [1.165, 1.54) is 10.8 Å². The van der Waals surface area contributed by atoms with E-state index in [1.54, 1.807) is 17.8 Å². The van der Waals surface area contributed by atoms with Gasteiger partial charge in [-0.05, 0) is 4.92 Å². The molecular formula is C9H11ClN6O2. The maximum Gasteiger partial charge on any atom is 0.342 e. The molecule has 96 valence electrons. The Labute approximate surface area is 107 Å². The third kappa shape index (κ3) is 2.48. The van der Waals surface area contributed by atoms with Crippen molar-refractivity contribution in [2.45, 2.75) is 25.9 Å². The van der Waals surface area contributed by atoms with Crippen molar-refractivity contribution in [3.63, 3.8) is 0 Å². The number of aryl methyl sites for hydroxylation is 2. The number of halogens is 1. The van der Waals surface area contributed by atoms with E-state index < -0.39 is 4.92 Å². The molecule has 0 bridgehead atoms. The molecule has 0 aliphatic heterocycles. The summed E-state index contributed by atoms with van der Waals surface area (Å²) in [5, 5.41) is 18.5. The van der Waals surface area contributed by atoms with Gasteiger partial charge < -0.3 is 10.1 Å². The molecule has 9 heteroatoms. The van der Waals surface area contributed by atoms with E-state index >= 15 is 0 Å². The molecule has 0 aromatic carbocycles. The first-order chi connectivity index (χ1) is 8.61. The molecule has 0 spiro atoms. The van der Waals surface area contributed by atoms with E-state index in [0.29, 0.717) is 30.5 Å². The van der Waals surface area contributed by atoms with Crippen molar-refractivity contribution in [2.24, 2.45) is 0 Å². The number of rotatable bonds is 5. The van der Waals surface area contributed by atoms with E-state index in [2.05, 4.69) is 15.3 Å². The molecule has 0 N–H and O–H groups in total. The zero-order chi connectivity index (χ0) is 13.1. The van der Waals surface area contributed by atoms with Gasteiger partial charge in [0.2, 0.25) is 0 Å². The molecule has 8 nitrogen and oxygen atoms in total. The quantitative estimate of drug-likeness (QED) is 0.461. The third-order valence-electron chi connectivity index (χ3n) is 2.50. The van der Waals surface area contributed by atoms with E-state index in [-0.39, 0.29) is 5.82 Å². The summed E-state index contributed by atoms with van der Waals surface area (Å²) in [5.41, 5.74) is 0.675. The molecule has 2 rings (SSSR count). The van der Waals surface area contributed by atoms with Crippen LogP contribution in [0, 0.1) is 17.0 Å². The molecule has 0 aliphatic rings. The Hall–Kier alpha value is -1.96. The summed E-state index contributed by atoms with van der Waals surface area (Å²) in [5.74, 6) is 0.870. The number of imidazole rings is 1. The lowest BCUT2D eigenvalue weighted by Gasteiger charge is -2.02. The van der Waals surface area contributed by atoms with Gasteiger partial charge in [0.25, 0.3) is 0 Å². The Kier molecular flexibility index (Phi) is 3.56. The minimum Gasteiger partial charge on any atom is -0.358 e. The summed E-state index contributed by atoms with van der Waals surface area (Å²) >= 11 is 5.61. The number of aromatic nitrogens is 5. The predicted octanol–water partition coefficient (Wildman–Crippen LogP) is 1.13. The van der Waals surface area contributed by atoms with Crippen molar-refractivity contribution in [1.29, 1.82) is 0 Å². The van der Waals surface area contributed by atoms with Gasteiger partial charge in [0, 0.05) is 13.1 Å². The Morgan fingerprint density at radius 3 is 2.89 bits per heavy atom.